The van der Waals surface area contributed by atoms with E-state index in [4.69, 9.17) is 9.47 Å². The van der Waals surface area contributed by atoms with E-state index >= 15 is 0 Å². The molecule has 3 unspecified atom stereocenters. The van der Waals surface area contributed by atoms with Crippen molar-refractivity contribution in [3.8, 4) is 5.75 Å². The van der Waals surface area contributed by atoms with Crippen molar-refractivity contribution in [3.05, 3.63) is 51.7 Å². The molecule has 13 heteroatoms. The Morgan fingerprint density at radius 1 is 1.33 bits per heavy atom. The van der Waals surface area contributed by atoms with Gasteiger partial charge in [-0.3, -0.25) is 14.6 Å². The number of morpholine rings is 1. The Kier molecular flexibility index (Phi) is 6.26. The molecular formula is C20H20F4N4O5. The van der Waals surface area contributed by atoms with Crippen molar-refractivity contribution in [2.75, 3.05) is 31.7 Å². The molecule has 5 rings (SSSR count). The van der Waals surface area contributed by atoms with Crippen LogP contribution in [0, 0.1) is 5.82 Å². The van der Waals surface area contributed by atoms with Crippen LogP contribution in [-0.2, 0) is 9.47 Å². The average Bonchev–Trinajstić information content (AvgIpc) is 2.73. The highest BCUT2D eigenvalue weighted by molar-refractivity contribution is 5.92. The number of carbonyl (C=O) groups is 1. The van der Waals surface area contributed by atoms with Gasteiger partial charge in [-0.05, 0) is 17.7 Å². The second kappa shape index (κ2) is 8.98. The maximum atomic E-state index is 14.1. The maximum Gasteiger partial charge on any atom is 0.573 e. The molecule has 3 aliphatic heterocycles. The van der Waals surface area contributed by atoms with Crippen molar-refractivity contribution < 1.29 is 36.6 Å². The Labute approximate surface area is 184 Å². The fourth-order valence-corrected chi connectivity index (χ4v) is 3.80. The molecule has 178 valence electrons. The molecule has 2 N–H and O–H groups in total. The minimum atomic E-state index is -5.05. The number of rotatable bonds is 7. The maximum absolute atomic E-state index is 14.1. The van der Waals surface area contributed by atoms with Gasteiger partial charge in [0, 0.05) is 32.7 Å². The highest BCUT2D eigenvalue weighted by atomic mass is 19.4. The minimum absolute atomic E-state index is 0.0526. The molecule has 33 heavy (non-hydrogen) atoms. The van der Waals surface area contributed by atoms with Crippen LogP contribution >= 0.6 is 0 Å². The largest absolute Gasteiger partial charge is 0.573 e. The fourth-order valence-electron chi connectivity index (χ4n) is 3.80. The lowest BCUT2D eigenvalue weighted by Gasteiger charge is -2.47. The Balaban J connectivity index is 1.52. The topological polar surface area (TPSA) is 106 Å². The molecule has 1 aromatic heterocycles. The summed E-state index contributed by atoms with van der Waals surface area (Å²) in [5.41, 5.74) is -0.573. The summed E-state index contributed by atoms with van der Waals surface area (Å²) >= 11 is 0. The van der Waals surface area contributed by atoms with Crippen LogP contribution in [0.3, 0.4) is 0 Å². The van der Waals surface area contributed by atoms with E-state index in [1.54, 1.807) is 0 Å². The normalized spacial score (nSPS) is 20.7. The number of hydrogen-bond donors (Lipinski definition) is 2. The summed E-state index contributed by atoms with van der Waals surface area (Å²) in [5.74, 6) is -2.77. The van der Waals surface area contributed by atoms with Crippen molar-refractivity contribution in [2.45, 2.75) is 31.0 Å². The second-order valence-electron chi connectivity index (χ2n) is 7.69. The standard InChI is InChI=1S/C20H20F4N4O5/c1-31-9-15(10-2-3-16(13(21)4-10)33-20(22,23)24)25-18(30)14-6-17(29)27-19(26-14)28-7-11-5-12(8-28)32-11/h2-4,6,11-12,15H,5,7-9H2,1H3,(H,25,30)(H,26,27,29). The number of methoxy groups -OCH3 is 1. The second-order valence-corrected chi connectivity index (χ2v) is 7.69. The van der Waals surface area contributed by atoms with Crippen LogP contribution in [0.4, 0.5) is 23.5 Å². The monoisotopic (exact) mass is 472 g/mol. The lowest BCUT2D eigenvalue weighted by atomic mass is 9.99. The zero-order valence-electron chi connectivity index (χ0n) is 17.3. The van der Waals surface area contributed by atoms with Crippen molar-refractivity contribution in [1.82, 2.24) is 15.3 Å². The van der Waals surface area contributed by atoms with Gasteiger partial charge in [-0.1, -0.05) is 6.07 Å². The molecule has 2 bridgehead atoms. The molecule has 3 saturated heterocycles. The third kappa shape index (κ3) is 5.42. The molecule has 0 aliphatic carbocycles. The lowest BCUT2D eigenvalue weighted by molar-refractivity contribution is -0.275. The van der Waals surface area contributed by atoms with Crippen molar-refractivity contribution in [2.24, 2.45) is 0 Å². The van der Waals surface area contributed by atoms with Crippen LogP contribution < -0.4 is 20.5 Å². The van der Waals surface area contributed by atoms with E-state index in [0.717, 1.165) is 24.6 Å². The fraction of sp³-hybridized carbons (Fsp3) is 0.450. The molecule has 3 fully saturated rings. The number of benzene rings is 1. The molecule has 3 atom stereocenters. The Hall–Kier alpha value is -3.19. The lowest BCUT2D eigenvalue weighted by Crippen LogP contribution is -2.58. The third-order valence-electron chi connectivity index (χ3n) is 5.24. The number of fused-ring (bicyclic) bond motifs is 2. The first-order chi connectivity index (χ1) is 15.6. The summed E-state index contributed by atoms with van der Waals surface area (Å²) in [7, 11) is 1.34. The predicted molar refractivity (Wildman–Crippen MR) is 106 cm³/mol. The van der Waals surface area contributed by atoms with E-state index in [1.807, 2.05) is 4.90 Å². The summed E-state index contributed by atoms with van der Waals surface area (Å²) in [6, 6.07) is 2.87. The highest BCUT2D eigenvalue weighted by Gasteiger charge is 2.39. The molecule has 9 nitrogen and oxygen atoms in total. The Morgan fingerprint density at radius 3 is 2.64 bits per heavy atom. The van der Waals surface area contributed by atoms with Crippen LogP contribution in [0.1, 0.15) is 28.5 Å². The van der Waals surface area contributed by atoms with E-state index in [9.17, 15) is 27.2 Å². The Bertz CT molecular complexity index is 1080. The van der Waals surface area contributed by atoms with Crippen molar-refractivity contribution in [3.63, 3.8) is 0 Å². The Morgan fingerprint density at radius 2 is 2.03 bits per heavy atom. The van der Waals surface area contributed by atoms with Gasteiger partial charge in [0.05, 0.1) is 24.9 Å². The van der Waals surface area contributed by atoms with Gasteiger partial charge in [0.2, 0.25) is 5.95 Å². The third-order valence-corrected chi connectivity index (χ3v) is 5.24. The van der Waals surface area contributed by atoms with Crippen LogP contribution in [0.25, 0.3) is 0 Å². The summed E-state index contributed by atoms with van der Waals surface area (Å²) in [4.78, 5) is 33.6. The van der Waals surface area contributed by atoms with Gasteiger partial charge in [0.1, 0.15) is 5.69 Å². The van der Waals surface area contributed by atoms with Gasteiger partial charge in [0.15, 0.2) is 11.6 Å². The number of piperidine rings is 1. The number of aromatic amines is 1. The first-order valence-electron chi connectivity index (χ1n) is 9.98. The van der Waals surface area contributed by atoms with E-state index < -0.39 is 35.4 Å². The number of amides is 1. The van der Waals surface area contributed by atoms with Gasteiger partial charge in [-0.2, -0.15) is 0 Å². The quantitative estimate of drug-likeness (QED) is 0.593. The van der Waals surface area contributed by atoms with Crippen LogP contribution in [0.5, 0.6) is 5.75 Å². The predicted octanol–water partition coefficient (Wildman–Crippen LogP) is 1.90. The number of hydrogen-bond acceptors (Lipinski definition) is 7. The summed E-state index contributed by atoms with van der Waals surface area (Å²) in [6.07, 6.45) is -4.01. The number of H-pyrrole nitrogens is 1. The van der Waals surface area contributed by atoms with E-state index in [2.05, 4.69) is 20.0 Å². The van der Waals surface area contributed by atoms with Crippen LogP contribution in [0.15, 0.2) is 29.1 Å². The average molecular weight is 472 g/mol. The molecule has 0 radical (unpaired) electrons. The number of carbonyl (C=O) groups excluding carboxylic acids is 1. The number of aromatic nitrogens is 2. The number of alkyl halides is 3. The number of anilines is 1. The highest BCUT2D eigenvalue weighted by Crippen LogP contribution is 2.30. The van der Waals surface area contributed by atoms with Gasteiger partial charge in [0.25, 0.3) is 11.5 Å². The van der Waals surface area contributed by atoms with E-state index in [1.165, 1.54) is 13.2 Å². The summed E-state index contributed by atoms with van der Waals surface area (Å²) < 4.78 is 65.5. The molecule has 1 amide bonds. The van der Waals surface area contributed by atoms with Crippen LogP contribution in [-0.4, -0.2) is 61.3 Å². The van der Waals surface area contributed by atoms with E-state index in [-0.39, 0.29) is 36.0 Å². The molecule has 3 aliphatic rings. The number of nitrogens with zero attached hydrogens (tertiary/aromatic N) is 2. The van der Waals surface area contributed by atoms with Crippen LogP contribution in [0.2, 0.25) is 0 Å². The molecule has 2 aromatic rings. The van der Waals surface area contributed by atoms with Gasteiger partial charge in [-0.25, -0.2) is 9.37 Å². The molecular weight excluding hydrogens is 452 g/mol. The molecule has 0 saturated carbocycles. The SMILES string of the molecule is COCC(NC(=O)c1cc(=O)[nH]c(N2CC3CC(C2)O3)n1)c1ccc(OC(F)(F)F)c(F)c1. The molecule has 1 aromatic carbocycles. The number of ether oxygens (including phenoxy) is 3. The van der Waals surface area contributed by atoms with Crippen molar-refractivity contribution in [1.29, 1.82) is 0 Å². The first-order valence-corrected chi connectivity index (χ1v) is 9.98. The van der Waals surface area contributed by atoms with Gasteiger partial charge in [-0.15, -0.1) is 13.2 Å². The van der Waals surface area contributed by atoms with E-state index in [0.29, 0.717) is 13.1 Å². The first kappa shape index (κ1) is 23.0. The molecule has 0 spiro atoms. The molecule has 4 heterocycles. The number of nitrogens with one attached hydrogen (secondary N) is 2. The zero-order chi connectivity index (χ0) is 23.8. The smallest absolute Gasteiger partial charge is 0.403 e. The number of halogens is 4. The minimum Gasteiger partial charge on any atom is -0.403 e. The zero-order valence-corrected chi connectivity index (χ0v) is 17.3. The van der Waals surface area contributed by atoms with Crippen molar-refractivity contribution >= 4 is 11.9 Å². The summed E-state index contributed by atoms with van der Waals surface area (Å²) in [5, 5.41) is 2.57. The van der Waals surface area contributed by atoms with Gasteiger partial charge < -0.3 is 24.4 Å². The summed E-state index contributed by atoms with van der Waals surface area (Å²) in [6.45, 7) is 0.943. The van der Waals surface area contributed by atoms with Gasteiger partial charge >= 0.3 is 6.36 Å².